The van der Waals surface area contributed by atoms with Crippen LogP contribution in [-0.2, 0) is 0 Å². The summed E-state index contributed by atoms with van der Waals surface area (Å²) < 4.78 is 21.6. The predicted molar refractivity (Wildman–Crippen MR) is 83.8 cm³/mol. The lowest BCUT2D eigenvalue weighted by atomic mass is 10.2. The Bertz CT molecular complexity index is 694. The molecule has 2 unspecified atom stereocenters. The van der Waals surface area contributed by atoms with Crippen LogP contribution in [0.4, 0.5) is 4.39 Å². The number of imidazole rings is 1. The molecule has 0 radical (unpaired) electrons. The van der Waals surface area contributed by atoms with Crippen LogP contribution >= 0.6 is 24.0 Å². The summed E-state index contributed by atoms with van der Waals surface area (Å²) in [5.74, 6) is -0.100. The van der Waals surface area contributed by atoms with Crippen LogP contribution in [0.3, 0.4) is 0 Å². The van der Waals surface area contributed by atoms with Gasteiger partial charge in [-0.3, -0.25) is 0 Å². The number of halogens is 1. The summed E-state index contributed by atoms with van der Waals surface area (Å²) in [5.41, 5.74) is 1.67. The number of hydrogen-bond acceptors (Lipinski definition) is 3. The molecule has 1 saturated carbocycles. The molecule has 0 saturated heterocycles. The van der Waals surface area contributed by atoms with Crippen molar-refractivity contribution in [2.24, 2.45) is 0 Å². The van der Waals surface area contributed by atoms with Crippen LogP contribution in [-0.4, -0.2) is 28.2 Å². The number of nitrogens with zero attached hydrogens (tertiary/aromatic N) is 1. The summed E-state index contributed by atoms with van der Waals surface area (Å²) in [6, 6.07) is 3.59. The third kappa shape index (κ3) is 2.24. The molecule has 6 heteroatoms. The number of H-pyrrole nitrogens is 1. The van der Waals surface area contributed by atoms with E-state index in [1.54, 1.807) is 6.07 Å². The molecule has 108 valence electrons. The Hall–Kier alpha value is -1.01. The number of nitrogens with one attached hydrogen (secondary N) is 1. The van der Waals surface area contributed by atoms with Gasteiger partial charge in [0.05, 0.1) is 18.1 Å². The maximum Gasteiger partial charge on any atom is 0.178 e. The van der Waals surface area contributed by atoms with Gasteiger partial charge in [-0.05, 0) is 37.7 Å². The molecule has 0 spiro atoms. The van der Waals surface area contributed by atoms with E-state index in [0.29, 0.717) is 16.1 Å². The van der Waals surface area contributed by atoms with Gasteiger partial charge in [-0.1, -0.05) is 0 Å². The minimum Gasteiger partial charge on any atom is -0.494 e. The first-order valence-corrected chi connectivity index (χ1v) is 8.34. The number of benzene rings is 1. The van der Waals surface area contributed by atoms with E-state index >= 15 is 0 Å². The maximum absolute atomic E-state index is 13.8. The van der Waals surface area contributed by atoms with Crippen molar-refractivity contribution in [3.05, 3.63) is 22.7 Å². The van der Waals surface area contributed by atoms with Gasteiger partial charge in [0.25, 0.3) is 0 Å². The highest BCUT2D eigenvalue weighted by molar-refractivity contribution is 7.99. The molecule has 1 N–H and O–H groups in total. The van der Waals surface area contributed by atoms with Crippen LogP contribution in [0.2, 0.25) is 0 Å². The number of fused-ring (bicyclic) bond motifs is 1. The van der Waals surface area contributed by atoms with Crippen LogP contribution in [0.1, 0.15) is 25.3 Å². The number of rotatable bonds is 3. The van der Waals surface area contributed by atoms with E-state index in [2.05, 4.69) is 15.8 Å². The van der Waals surface area contributed by atoms with Crippen molar-refractivity contribution in [1.29, 1.82) is 0 Å². The van der Waals surface area contributed by atoms with Crippen LogP contribution in [0.25, 0.3) is 11.0 Å². The molecule has 1 aliphatic carbocycles. The molecule has 2 aromatic rings. The first kappa shape index (κ1) is 13.9. The molecule has 1 heterocycles. The monoisotopic (exact) mass is 312 g/mol. The Labute approximate surface area is 126 Å². The van der Waals surface area contributed by atoms with Crippen LogP contribution in [0, 0.1) is 10.6 Å². The molecule has 1 aliphatic rings. The average Bonchev–Trinajstić information content (AvgIpc) is 3.00. The van der Waals surface area contributed by atoms with Crippen molar-refractivity contribution in [3.8, 4) is 5.75 Å². The molecule has 0 aliphatic heterocycles. The molecule has 3 rings (SSSR count). The van der Waals surface area contributed by atoms with Crippen molar-refractivity contribution in [2.45, 2.75) is 30.6 Å². The SMILES string of the molecule is COc1cc2c(cc1F)[nH]c(=S)n2C1CCC(SC)C1. The lowest BCUT2D eigenvalue weighted by Gasteiger charge is -2.14. The zero-order valence-electron chi connectivity index (χ0n) is 11.5. The highest BCUT2D eigenvalue weighted by Crippen LogP contribution is 2.38. The first-order chi connectivity index (χ1) is 9.63. The molecule has 1 aromatic carbocycles. The van der Waals surface area contributed by atoms with E-state index in [1.807, 2.05) is 11.8 Å². The Morgan fingerprint density at radius 3 is 2.90 bits per heavy atom. The van der Waals surface area contributed by atoms with E-state index in [9.17, 15) is 4.39 Å². The Morgan fingerprint density at radius 2 is 2.25 bits per heavy atom. The van der Waals surface area contributed by atoms with Crippen molar-refractivity contribution in [3.63, 3.8) is 0 Å². The number of aromatic amines is 1. The Morgan fingerprint density at radius 1 is 1.45 bits per heavy atom. The second kappa shape index (κ2) is 5.41. The van der Waals surface area contributed by atoms with E-state index < -0.39 is 0 Å². The standard InChI is InChI=1S/C14H17FN2OS2/c1-18-13-7-12-11(6-10(13)15)16-14(19)17(12)8-3-4-9(5-8)20-2/h6-9H,3-5H2,1-2H3,(H,16,19). The molecular weight excluding hydrogens is 295 g/mol. The summed E-state index contributed by atoms with van der Waals surface area (Å²) in [5, 5.41) is 0.689. The van der Waals surface area contributed by atoms with E-state index in [1.165, 1.54) is 19.6 Å². The van der Waals surface area contributed by atoms with Gasteiger partial charge in [0.15, 0.2) is 16.3 Å². The minimum absolute atomic E-state index is 0.264. The summed E-state index contributed by atoms with van der Waals surface area (Å²) in [4.78, 5) is 3.10. The van der Waals surface area contributed by atoms with Crippen molar-refractivity contribution in [1.82, 2.24) is 9.55 Å². The fourth-order valence-electron chi connectivity index (χ4n) is 3.01. The molecule has 3 nitrogen and oxygen atoms in total. The quantitative estimate of drug-likeness (QED) is 0.857. The van der Waals surface area contributed by atoms with Crippen molar-refractivity contribution >= 4 is 35.0 Å². The number of methoxy groups -OCH3 is 1. The van der Waals surface area contributed by atoms with Crippen LogP contribution in [0.15, 0.2) is 12.1 Å². The van der Waals surface area contributed by atoms with Gasteiger partial charge in [0.1, 0.15) is 0 Å². The highest BCUT2D eigenvalue weighted by Gasteiger charge is 2.27. The minimum atomic E-state index is -0.364. The van der Waals surface area contributed by atoms with Gasteiger partial charge in [0.2, 0.25) is 0 Å². The fourth-order valence-corrected chi connectivity index (χ4v) is 4.16. The van der Waals surface area contributed by atoms with Crippen molar-refractivity contribution < 1.29 is 9.13 Å². The average molecular weight is 312 g/mol. The van der Waals surface area contributed by atoms with Gasteiger partial charge in [-0.25, -0.2) is 4.39 Å². The number of aromatic nitrogens is 2. The van der Waals surface area contributed by atoms with Crippen LogP contribution < -0.4 is 4.74 Å². The third-order valence-electron chi connectivity index (χ3n) is 4.05. The second-order valence-corrected chi connectivity index (χ2v) is 6.65. The molecule has 2 atom stereocenters. The van der Waals surface area contributed by atoms with E-state index in [0.717, 1.165) is 23.9 Å². The number of ether oxygens (including phenoxy) is 1. The summed E-state index contributed by atoms with van der Waals surface area (Å²) in [6.45, 7) is 0. The molecule has 0 bridgehead atoms. The van der Waals surface area contributed by atoms with E-state index in [4.69, 9.17) is 17.0 Å². The summed E-state index contributed by atoms with van der Waals surface area (Å²) in [7, 11) is 1.48. The highest BCUT2D eigenvalue weighted by atomic mass is 32.2. The van der Waals surface area contributed by atoms with Gasteiger partial charge < -0.3 is 14.3 Å². The lowest BCUT2D eigenvalue weighted by molar-refractivity contribution is 0.387. The van der Waals surface area contributed by atoms with E-state index in [-0.39, 0.29) is 11.6 Å². The number of thioether (sulfide) groups is 1. The Balaban J connectivity index is 2.11. The zero-order valence-corrected chi connectivity index (χ0v) is 13.1. The smallest absolute Gasteiger partial charge is 0.178 e. The number of hydrogen-bond donors (Lipinski definition) is 1. The normalized spacial score (nSPS) is 22.6. The van der Waals surface area contributed by atoms with Gasteiger partial charge in [-0.2, -0.15) is 11.8 Å². The lowest BCUT2D eigenvalue weighted by Crippen LogP contribution is -2.06. The van der Waals surface area contributed by atoms with Gasteiger partial charge in [0, 0.05) is 23.4 Å². The topological polar surface area (TPSA) is 29.9 Å². The fraction of sp³-hybridized carbons (Fsp3) is 0.500. The zero-order chi connectivity index (χ0) is 14.3. The molecule has 1 aromatic heterocycles. The summed E-state index contributed by atoms with van der Waals surface area (Å²) >= 11 is 7.34. The van der Waals surface area contributed by atoms with Gasteiger partial charge >= 0.3 is 0 Å². The van der Waals surface area contributed by atoms with Gasteiger partial charge in [-0.15, -0.1) is 0 Å². The molecule has 20 heavy (non-hydrogen) atoms. The van der Waals surface area contributed by atoms with Crippen LogP contribution in [0.5, 0.6) is 5.75 Å². The second-order valence-electron chi connectivity index (χ2n) is 5.13. The largest absolute Gasteiger partial charge is 0.494 e. The van der Waals surface area contributed by atoms with Crippen molar-refractivity contribution in [2.75, 3.05) is 13.4 Å². The first-order valence-electron chi connectivity index (χ1n) is 6.64. The predicted octanol–water partition coefficient (Wildman–Crippen LogP) is 4.30. The third-order valence-corrected chi connectivity index (χ3v) is 5.44. The maximum atomic E-state index is 13.8. The summed E-state index contributed by atoms with van der Waals surface area (Å²) in [6.07, 6.45) is 5.59. The molecule has 0 amide bonds. The molecular formula is C14H17FN2OS2. The Kier molecular flexibility index (Phi) is 3.77. The molecule has 1 fully saturated rings.